The second kappa shape index (κ2) is 5.03. The topological polar surface area (TPSA) is 122 Å². The van der Waals surface area contributed by atoms with E-state index in [0.29, 0.717) is 18.2 Å². The molecule has 0 aromatic carbocycles. The smallest absolute Gasteiger partial charge is 0.272 e. The third-order valence-corrected chi connectivity index (χ3v) is 2.02. The van der Waals surface area contributed by atoms with Crippen LogP contribution in [0.15, 0.2) is 24.5 Å². The summed E-state index contributed by atoms with van der Waals surface area (Å²) in [6.07, 6.45) is 3.30. The van der Waals surface area contributed by atoms with Crippen LogP contribution in [0.2, 0.25) is 0 Å². The maximum Gasteiger partial charge on any atom is 0.272 e. The Morgan fingerprint density at radius 1 is 1.41 bits per heavy atom. The Labute approximate surface area is 96.6 Å². The molecule has 0 spiro atoms. The number of amides is 1. The van der Waals surface area contributed by atoms with Gasteiger partial charge in [0.05, 0.1) is 6.54 Å². The summed E-state index contributed by atoms with van der Waals surface area (Å²) in [6.45, 7) is 0.310. The highest BCUT2D eigenvalue weighted by atomic mass is 16.1. The van der Waals surface area contributed by atoms with E-state index in [0.717, 1.165) is 0 Å². The van der Waals surface area contributed by atoms with Crippen molar-refractivity contribution in [3.63, 3.8) is 0 Å². The van der Waals surface area contributed by atoms with Crippen molar-refractivity contribution in [1.82, 2.24) is 25.5 Å². The van der Waals surface area contributed by atoms with E-state index in [1.54, 1.807) is 18.5 Å². The molecule has 17 heavy (non-hydrogen) atoms. The third kappa shape index (κ3) is 2.75. The molecule has 0 fully saturated rings. The number of aromatic nitrogens is 4. The molecule has 0 aliphatic carbocycles. The van der Waals surface area contributed by atoms with Crippen LogP contribution >= 0.6 is 0 Å². The summed E-state index contributed by atoms with van der Waals surface area (Å²) in [5.41, 5.74) is 2.55. The normalized spacial score (nSPS) is 9.94. The molecule has 0 aliphatic rings. The molecule has 0 atom stereocenters. The predicted octanol–water partition coefficient (Wildman–Crippen LogP) is -0.585. The molecule has 0 radical (unpaired) electrons. The first kappa shape index (κ1) is 11.0. The zero-order valence-electron chi connectivity index (χ0n) is 8.84. The first-order chi connectivity index (χ1) is 8.29. The Hall–Kier alpha value is -2.48. The highest BCUT2D eigenvalue weighted by Gasteiger charge is 2.07. The number of carbonyl (C=O) groups excluding carboxylic acids is 1. The van der Waals surface area contributed by atoms with E-state index in [4.69, 9.17) is 5.84 Å². The zero-order chi connectivity index (χ0) is 12.1. The first-order valence-electron chi connectivity index (χ1n) is 4.86. The van der Waals surface area contributed by atoms with Gasteiger partial charge in [0.1, 0.15) is 5.82 Å². The van der Waals surface area contributed by atoms with E-state index < -0.39 is 0 Å². The van der Waals surface area contributed by atoms with Gasteiger partial charge in [-0.2, -0.15) is 0 Å². The van der Waals surface area contributed by atoms with Crippen molar-refractivity contribution in [2.24, 2.45) is 5.84 Å². The summed E-state index contributed by atoms with van der Waals surface area (Å²) < 4.78 is 0. The van der Waals surface area contributed by atoms with Gasteiger partial charge in [0.2, 0.25) is 0 Å². The van der Waals surface area contributed by atoms with E-state index in [9.17, 15) is 4.79 Å². The van der Waals surface area contributed by atoms with Gasteiger partial charge in [-0.25, -0.2) is 10.8 Å². The summed E-state index contributed by atoms with van der Waals surface area (Å²) in [7, 11) is 0. The van der Waals surface area contributed by atoms with E-state index in [2.05, 4.69) is 30.9 Å². The number of H-pyrrole nitrogens is 1. The molecule has 0 saturated heterocycles. The minimum Gasteiger partial charge on any atom is -0.347 e. The van der Waals surface area contributed by atoms with E-state index >= 15 is 0 Å². The average molecular weight is 233 g/mol. The lowest BCUT2D eigenvalue weighted by Gasteiger charge is -2.02. The number of nitrogens with zero attached hydrogens (tertiary/aromatic N) is 3. The Bertz CT molecular complexity index is 479. The van der Waals surface area contributed by atoms with Crippen molar-refractivity contribution in [2.45, 2.75) is 6.54 Å². The van der Waals surface area contributed by atoms with Crippen LogP contribution < -0.4 is 16.6 Å². The van der Waals surface area contributed by atoms with Crippen molar-refractivity contribution in [3.05, 3.63) is 36.0 Å². The Kier molecular flexibility index (Phi) is 3.26. The molecule has 2 heterocycles. The van der Waals surface area contributed by atoms with Gasteiger partial charge in [-0.3, -0.25) is 4.79 Å². The Balaban J connectivity index is 1.95. The molecule has 88 valence electrons. The van der Waals surface area contributed by atoms with Crippen molar-refractivity contribution in [2.75, 3.05) is 5.43 Å². The van der Waals surface area contributed by atoms with Crippen LogP contribution in [0.5, 0.6) is 0 Å². The summed E-state index contributed by atoms with van der Waals surface area (Å²) >= 11 is 0. The number of carbonyl (C=O) groups is 1. The fourth-order valence-corrected chi connectivity index (χ4v) is 1.18. The van der Waals surface area contributed by atoms with Crippen molar-refractivity contribution < 1.29 is 4.79 Å². The van der Waals surface area contributed by atoms with Gasteiger partial charge in [0.25, 0.3) is 5.91 Å². The number of hydrogen-bond acceptors (Lipinski definition) is 6. The summed E-state index contributed by atoms with van der Waals surface area (Å²) in [5, 5.41) is 10.1. The van der Waals surface area contributed by atoms with E-state index in [1.807, 2.05) is 0 Å². The molecule has 8 heteroatoms. The van der Waals surface area contributed by atoms with E-state index in [-0.39, 0.29) is 11.6 Å². The second-order valence-electron chi connectivity index (χ2n) is 3.17. The lowest BCUT2D eigenvalue weighted by atomic mass is 10.3. The fraction of sp³-hybridized carbons (Fsp3) is 0.111. The number of hydrogen-bond donors (Lipinski definition) is 4. The number of nitrogen functional groups attached to an aromatic ring is 1. The molecule has 8 nitrogen and oxygen atoms in total. The highest BCUT2D eigenvalue weighted by Crippen LogP contribution is 2.00. The molecule has 5 N–H and O–H groups in total. The summed E-state index contributed by atoms with van der Waals surface area (Å²) in [4.78, 5) is 18.5. The minimum atomic E-state index is -0.322. The number of aromatic amines is 1. The molecule has 0 unspecified atom stereocenters. The van der Waals surface area contributed by atoms with Gasteiger partial charge < -0.3 is 15.7 Å². The van der Waals surface area contributed by atoms with Crippen LogP contribution in [0.25, 0.3) is 0 Å². The first-order valence-corrected chi connectivity index (χ1v) is 4.86. The maximum absolute atomic E-state index is 11.6. The van der Waals surface area contributed by atoms with Gasteiger partial charge in [-0.1, -0.05) is 0 Å². The number of hydrazine groups is 1. The molecule has 1 amide bonds. The fourth-order valence-electron chi connectivity index (χ4n) is 1.18. The van der Waals surface area contributed by atoms with Crippen LogP contribution in [0.3, 0.4) is 0 Å². The maximum atomic E-state index is 11.6. The van der Waals surface area contributed by atoms with Gasteiger partial charge >= 0.3 is 0 Å². The zero-order valence-corrected chi connectivity index (χ0v) is 8.84. The molecule has 2 aromatic rings. The predicted molar refractivity (Wildman–Crippen MR) is 59.6 cm³/mol. The summed E-state index contributed by atoms with van der Waals surface area (Å²) in [5.74, 6) is 5.88. The van der Waals surface area contributed by atoms with Crippen LogP contribution in [0.4, 0.5) is 5.82 Å². The van der Waals surface area contributed by atoms with Gasteiger partial charge in [-0.15, -0.1) is 10.2 Å². The van der Waals surface area contributed by atoms with Crippen molar-refractivity contribution in [1.29, 1.82) is 0 Å². The van der Waals surface area contributed by atoms with Crippen molar-refractivity contribution >= 4 is 11.7 Å². The Morgan fingerprint density at radius 2 is 2.29 bits per heavy atom. The third-order valence-electron chi connectivity index (χ3n) is 2.02. The standard InChI is InChI=1S/C9H11N7O/c10-14-7-2-1-6(15-16-7)9(17)13-5-8-11-3-4-12-8/h1-4H,5,10H2,(H,11,12)(H,13,17)(H,14,16). The number of rotatable bonds is 4. The van der Waals surface area contributed by atoms with Gasteiger partial charge in [0.15, 0.2) is 11.5 Å². The number of nitrogens with one attached hydrogen (secondary N) is 3. The van der Waals surface area contributed by atoms with Gasteiger partial charge in [0, 0.05) is 12.4 Å². The molecule has 2 aromatic heterocycles. The highest BCUT2D eigenvalue weighted by molar-refractivity contribution is 5.92. The second-order valence-corrected chi connectivity index (χ2v) is 3.17. The van der Waals surface area contributed by atoms with Crippen LogP contribution in [-0.2, 0) is 6.54 Å². The van der Waals surface area contributed by atoms with Crippen LogP contribution in [-0.4, -0.2) is 26.1 Å². The molecule has 2 rings (SSSR count). The monoisotopic (exact) mass is 233 g/mol. The average Bonchev–Trinajstić information content (AvgIpc) is 2.89. The lowest BCUT2D eigenvalue weighted by Crippen LogP contribution is -2.24. The Morgan fingerprint density at radius 3 is 2.88 bits per heavy atom. The van der Waals surface area contributed by atoms with Crippen LogP contribution in [0.1, 0.15) is 16.3 Å². The molecule has 0 aliphatic heterocycles. The summed E-state index contributed by atoms with van der Waals surface area (Å²) in [6, 6.07) is 3.09. The largest absolute Gasteiger partial charge is 0.347 e. The molecular weight excluding hydrogens is 222 g/mol. The quantitative estimate of drug-likeness (QED) is 0.414. The SMILES string of the molecule is NNc1ccc(C(=O)NCc2ncc[nH]2)nn1. The van der Waals surface area contributed by atoms with Crippen molar-refractivity contribution in [3.8, 4) is 0 Å². The number of imidazole rings is 1. The number of anilines is 1. The minimum absolute atomic E-state index is 0.218. The lowest BCUT2D eigenvalue weighted by molar-refractivity contribution is 0.0944. The van der Waals surface area contributed by atoms with Crippen LogP contribution in [0, 0.1) is 0 Å². The number of nitrogens with two attached hydrogens (primary N) is 1. The molecule has 0 bridgehead atoms. The van der Waals surface area contributed by atoms with E-state index in [1.165, 1.54) is 6.07 Å². The van der Waals surface area contributed by atoms with Gasteiger partial charge in [-0.05, 0) is 12.1 Å². The molecule has 0 saturated carbocycles. The molecular formula is C9H11N7O.